The van der Waals surface area contributed by atoms with E-state index in [4.69, 9.17) is 4.99 Å². The number of carbonyl (C=O) groups is 1. The highest BCUT2D eigenvalue weighted by Gasteiger charge is 2.55. The largest absolute Gasteiger partial charge is 0.345 e. The molecule has 1 heterocycles. The number of likely N-dealkylation sites (tertiary alicyclic amines) is 1. The number of amides is 1. The highest BCUT2D eigenvalue weighted by atomic mass is 16.2. The van der Waals surface area contributed by atoms with Crippen molar-refractivity contribution in [2.24, 2.45) is 16.3 Å². The van der Waals surface area contributed by atoms with Gasteiger partial charge in [-0.05, 0) is 30.7 Å². The van der Waals surface area contributed by atoms with E-state index < -0.39 is 0 Å². The minimum absolute atomic E-state index is 0.286. The van der Waals surface area contributed by atoms with Crippen molar-refractivity contribution in [3.63, 3.8) is 0 Å². The molecule has 1 amide bonds. The standard InChI is InChI=1S/C17H22N2O/c1-13-12-19(2)16(20)17(13)10-6-9-15(17)18-11-14-7-4-3-5-8-14/h3-5,7-8,13H,6,9-12H2,1-2H3/t13-,17-/m1/s1. The molecule has 0 bridgehead atoms. The second-order valence-electron chi connectivity index (χ2n) is 6.16. The summed E-state index contributed by atoms with van der Waals surface area (Å²) in [7, 11) is 1.92. The summed E-state index contributed by atoms with van der Waals surface area (Å²) in [6, 6.07) is 10.3. The second-order valence-corrected chi connectivity index (χ2v) is 6.16. The molecule has 1 aliphatic heterocycles. The maximum Gasteiger partial charge on any atom is 0.234 e. The van der Waals surface area contributed by atoms with E-state index in [1.165, 1.54) is 5.56 Å². The molecule has 0 N–H and O–H groups in total. The summed E-state index contributed by atoms with van der Waals surface area (Å²) >= 11 is 0. The van der Waals surface area contributed by atoms with Crippen molar-refractivity contribution < 1.29 is 4.79 Å². The molecule has 1 saturated carbocycles. The van der Waals surface area contributed by atoms with E-state index in [1.807, 2.05) is 30.1 Å². The quantitative estimate of drug-likeness (QED) is 0.813. The molecule has 1 spiro atoms. The molecule has 3 nitrogen and oxygen atoms in total. The SMILES string of the molecule is C[C@@H]1CN(C)C(=O)[C@]12CCCC2=NCc1ccccc1. The number of hydrogen-bond acceptors (Lipinski definition) is 2. The Kier molecular flexibility index (Phi) is 3.36. The van der Waals surface area contributed by atoms with E-state index in [-0.39, 0.29) is 11.3 Å². The Morgan fingerprint density at radius 2 is 2.10 bits per heavy atom. The van der Waals surface area contributed by atoms with Gasteiger partial charge in [0.2, 0.25) is 5.91 Å². The van der Waals surface area contributed by atoms with Crippen molar-refractivity contribution in [1.82, 2.24) is 4.90 Å². The van der Waals surface area contributed by atoms with Gasteiger partial charge in [-0.1, -0.05) is 37.3 Å². The summed E-state index contributed by atoms with van der Waals surface area (Å²) < 4.78 is 0. The van der Waals surface area contributed by atoms with E-state index in [0.717, 1.165) is 31.5 Å². The fourth-order valence-corrected chi connectivity index (χ4v) is 3.85. The Morgan fingerprint density at radius 3 is 2.75 bits per heavy atom. The summed E-state index contributed by atoms with van der Waals surface area (Å²) in [6.07, 6.45) is 3.05. The van der Waals surface area contributed by atoms with Crippen molar-refractivity contribution in [2.45, 2.75) is 32.7 Å². The Balaban J connectivity index is 1.87. The lowest BCUT2D eigenvalue weighted by molar-refractivity contribution is -0.132. The lowest BCUT2D eigenvalue weighted by Crippen LogP contribution is -2.38. The molecule has 1 saturated heterocycles. The number of hydrogen-bond donors (Lipinski definition) is 0. The summed E-state index contributed by atoms with van der Waals surface area (Å²) in [4.78, 5) is 19.3. The van der Waals surface area contributed by atoms with Gasteiger partial charge in [0, 0.05) is 19.3 Å². The van der Waals surface area contributed by atoms with Gasteiger partial charge in [0.1, 0.15) is 0 Å². The Morgan fingerprint density at radius 1 is 1.35 bits per heavy atom. The molecule has 1 aliphatic carbocycles. The Labute approximate surface area is 120 Å². The van der Waals surface area contributed by atoms with Gasteiger partial charge < -0.3 is 4.90 Å². The van der Waals surface area contributed by atoms with E-state index in [9.17, 15) is 4.79 Å². The van der Waals surface area contributed by atoms with Crippen LogP contribution in [-0.4, -0.2) is 30.1 Å². The monoisotopic (exact) mass is 270 g/mol. The first-order valence-corrected chi connectivity index (χ1v) is 7.48. The van der Waals surface area contributed by atoms with Crippen molar-refractivity contribution in [1.29, 1.82) is 0 Å². The minimum atomic E-state index is -0.288. The molecule has 0 radical (unpaired) electrons. The number of benzene rings is 1. The number of rotatable bonds is 2. The smallest absolute Gasteiger partial charge is 0.234 e. The molecule has 106 valence electrons. The predicted octanol–water partition coefficient (Wildman–Crippen LogP) is 2.91. The van der Waals surface area contributed by atoms with Gasteiger partial charge in [-0.3, -0.25) is 9.79 Å². The topological polar surface area (TPSA) is 32.7 Å². The van der Waals surface area contributed by atoms with Crippen LogP contribution in [0.3, 0.4) is 0 Å². The summed E-state index contributed by atoms with van der Waals surface area (Å²) in [5.74, 6) is 0.673. The van der Waals surface area contributed by atoms with Gasteiger partial charge in [0.15, 0.2) is 0 Å². The average molecular weight is 270 g/mol. The first-order chi connectivity index (χ1) is 9.64. The molecular weight excluding hydrogens is 248 g/mol. The van der Waals surface area contributed by atoms with E-state index in [0.29, 0.717) is 12.5 Å². The van der Waals surface area contributed by atoms with Crippen LogP contribution in [0.25, 0.3) is 0 Å². The summed E-state index contributed by atoms with van der Waals surface area (Å²) in [5, 5.41) is 0. The van der Waals surface area contributed by atoms with Gasteiger partial charge in [0.25, 0.3) is 0 Å². The van der Waals surface area contributed by atoms with Crippen molar-refractivity contribution >= 4 is 11.6 Å². The first-order valence-electron chi connectivity index (χ1n) is 7.48. The molecular formula is C17H22N2O. The van der Waals surface area contributed by atoms with E-state index >= 15 is 0 Å². The number of carbonyl (C=O) groups excluding carboxylic acids is 1. The molecule has 2 aliphatic rings. The lowest BCUT2D eigenvalue weighted by atomic mass is 9.75. The minimum Gasteiger partial charge on any atom is -0.345 e. The first kappa shape index (κ1) is 13.3. The van der Waals surface area contributed by atoms with Crippen LogP contribution in [0.4, 0.5) is 0 Å². The highest BCUT2D eigenvalue weighted by Crippen LogP contribution is 2.47. The van der Waals surface area contributed by atoms with Crippen LogP contribution >= 0.6 is 0 Å². The second kappa shape index (κ2) is 5.04. The summed E-state index contributed by atoms with van der Waals surface area (Å²) in [5.41, 5.74) is 2.07. The molecule has 2 atom stereocenters. The molecule has 3 heteroatoms. The van der Waals surface area contributed by atoms with E-state index in [2.05, 4.69) is 19.1 Å². The average Bonchev–Trinajstić information content (AvgIpc) is 2.97. The van der Waals surface area contributed by atoms with Gasteiger partial charge in [-0.15, -0.1) is 0 Å². The zero-order valence-electron chi connectivity index (χ0n) is 12.3. The van der Waals surface area contributed by atoms with Gasteiger partial charge >= 0.3 is 0 Å². The molecule has 0 aromatic heterocycles. The maximum absolute atomic E-state index is 12.6. The zero-order valence-corrected chi connectivity index (χ0v) is 12.3. The maximum atomic E-state index is 12.6. The number of nitrogens with zero attached hydrogens (tertiary/aromatic N) is 2. The Hall–Kier alpha value is -1.64. The third kappa shape index (κ3) is 1.96. The molecule has 3 rings (SSSR count). The molecule has 2 fully saturated rings. The van der Waals surface area contributed by atoms with Crippen LogP contribution < -0.4 is 0 Å². The van der Waals surface area contributed by atoms with Gasteiger partial charge in [-0.2, -0.15) is 0 Å². The number of aliphatic imine (C=N–C) groups is 1. The molecule has 1 aromatic rings. The van der Waals surface area contributed by atoms with Crippen LogP contribution in [0.2, 0.25) is 0 Å². The normalized spacial score (nSPS) is 31.7. The lowest BCUT2D eigenvalue weighted by Gasteiger charge is -2.26. The van der Waals surface area contributed by atoms with Gasteiger partial charge in [0.05, 0.1) is 12.0 Å². The van der Waals surface area contributed by atoms with Crippen LogP contribution in [0, 0.1) is 11.3 Å². The van der Waals surface area contributed by atoms with Crippen molar-refractivity contribution in [2.75, 3.05) is 13.6 Å². The fourth-order valence-electron chi connectivity index (χ4n) is 3.85. The highest BCUT2D eigenvalue weighted by molar-refractivity contribution is 6.11. The zero-order chi connectivity index (χ0) is 14.2. The van der Waals surface area contributed by atoms with Crippen LogP contribution in [0.15, 0.2) is 35.3 Å². The van der Waals surface area contributed by atoms with Crippen LogP contribution in [0.1, 0.15) is 31.7 Å². The molecule has 20 heavy (non-hydrogen) atoms. The van der Waals surface area contributed by atoms with Gasteiger partial charge in [-0.25, -0.2) is 0 Å². The predicted molar refractivity (Wildman–Crippen MR) is 80.7 cm³/mol. The van der Waals surface area contributed by atoms with Crippen LogP contribution in [-0.2, 0) is 11.3 Å². The third-order valence-electron chi connectivity index (χ3n) is 4.91. The van der Waals surface area contributed by atoms with E-state index in [1.54, 1.807) is 0 Å². The molecule has 0 unspecified atom stereocenters. The third-order valence-corrected chi connectivity index (χ3v) is 4.91. The van der Waals surface area contributed by atoms with Crippen molar-refractivity contribution in [3.05, 3.63) is 35.9 Å². The molecule has 1 aromatic carbocycles. The van der Waals surface area contributed by atoms with Crippen molar-refractivity contribution in [3.8, 4) is 0 Å². The fraction of sp³-hybridized carbons (Fsp3) is 0.529. The summed E-state index contributed by atoms with van der Waals surface area (Å²) in [6.45, 7) is 3.76. The Bertz CT molecular complexity index is 537. The van der Waals surface area contributed by atoms with Crippen LogP contribution in [0.5, 0.6) is 0 Å².